The van der Waals surface area contributed by atoms with Crippen molar-refractivity contribution in [3.63, 3.8) is 0 Å². The van der Waals surface area contributed by atoms with Gasteiger partial charge in [-0.1, -0.05) is 23.2 Å². The minimum atomic E-state index is 0.102. The van der Waals surface area contributed by atoms with Crippen LogP contribution in [-0.4, -0.2) is 29.8 Å². The number of rotatable bonds is 2. The van der Waals surface area contributed by atoms with Gasteiger partial charge in [0.25, 0.3) is 0 Å². The van der Waals surface area contributed by atoms with Gasteiger partial charge in [-0.2, -0.15) is 0 Å². The van der Waals surface area contributed by atoms with Gasteiger partial charge in [-0.25, -0.2) is 0 Å². The van der Waals surface area contributed by atoms with Crippen molar-refractivity contribution in [2.75, 3.05) is 7.05 Å². The molecule has 0 N–H and O–H groups in total. The Bertz CT molecular complexity index is 503. The van der Waals surface area contributed by atoms with Gasteiger partial charge in [-0.05, 0) is 50.9 Å². The lowest BCUT2D eigenvalue weighted by atomic mass is 9.85. The Hall–Kier alpha value is -0.570. The molecule has 102 valence electrons. The number of hydrogen-bond donors (Lipinski definition) is 0. The number of hydrogen-bond acceptors (Lipinski definition) is 2. The normalized spacial score (nSPS) is 30.6. The Morgan fingerprint density at radius 3 is 2.47 bits per heavy atom. The van der Waals surface area contributed by atoms with Gasteiger partial charge < -0.3 is 4.90 Å². The molecule has 0 aromatic heterocycles. The third kappa shape index (κ3) is 2.42. The van der Waals surface area contributed by atoms with Crippen molar-refractivity contribution in [3.8, 4) is 0 Å². The molecule has 0 spiro atoms. The summed E-state index contributed by atoms with van der Waals surface area (Å²) >= 11 is 12.1. The molecule has 2 aliphatic heterocycles. The number of benzene rings is 1. The maximum absolute atomic E-state index is 12.6. The second kappa shape index (κ2) is 5.08. The lowest BCUT2D eigenvalue weighted by Crippen LogP contribution is -2.42. The molecule has 1 aromatic rings. The Morgan fingerprint density at radius 2 is 1.84 bits per heavy atom. The molecule has 2 fully saturated rings. The van der Waals surface area contributed by atoms with Crippen molar-refractivity contribution in [2.45, 2.75) is 37.8 Å². The number of carbonyl (C=O) groups excluding carboxylic acids is 1. The number of Topliss-reactive ketones (excluding diaryl/α,β-unsaturated/α-hetero) is 1. The fourth-order valence-electron chi connectivity index (χ4n) is 3.53. The van der Waals surface area contributed by atoms with Crippen molar-refractivity contribution in [1.82, 2.24) is 4.90 Å². The molecule has 0 saturated carbocycles. The molecule has 1 aromatic carbocycles. The Balaban J connectivity index is 1.83. The molecule has 4 heteroatoms. The summed E-state index contributed by atoms with van der Waals surface area (Å²) in [4.78, 5) is 15.1. The van der Waals surface area contributed by atoms with Crippen molar-refractivity contribution in [3.05, 3.63) is 33.8 Å². The van der Waals surface area contributed by atoms with Crippen molar-refractivity contribution >= 4 is 29.0 Å². The lowest BCUT2D eigenvalue weighted by molar-refractivity contribution is 0.0767. The summed E-state index contributed by atoms with van der Waals surface area (Å²) in [6.07, 6.45) is 4.34. The molecule has 2 saturated heterocycles. The monoisotopic (exact) mass is 297 g/mol. The number of fused-ring (bicyclic) bond motifs is 2. The highest BCUT2D eigenvalue weighted by Crippen LogP contribution is 2.39. The highest BCUT2D eigenvalue weighted by atomic mass is 35.5. The third-order valence-corrected chi connectivity index (χ3v) is 5.23. The summed E-state index contributed by atoms with van der Waals surface area (Å²) in [7, 11) is 2.18. The summed E-state index contributed by atoms with van der Waals surface area (Å²) < 4.78 is 0. The van der Waals surface area contributed by atoms with E-state index in [1.807, 2.05) is 0 Å². The molecule has 0 radical (unpaired) electrons. The molecule has 3 rings (SSSR count). The molecular weight excluding hydrogens is 281 g/mol. The third-order valence-electron chi connectivity index (χ3n) is 4.66. The van der Waals surface area contributed by atoms with Crippen LogP contribution in [0, 0.1) is 5.92 Å². The number of halogens is 2. The smallest absolute Gasteiger partial charge is 0.167 e. The molecule has 2 unspecified atom stereocenters. The van der Waals surface area contributed by atoms with Crippen molar-refractivity contribution < 1.29 is 4.79 Å². The van der Waals surface area contributed by atoms with Gasteiger partial charge in [-0.15, -0.1) is 0 Å². The second-order valence-electron chi connectivity index (χ2n) is 5.71. The number of ketones is 1. The highest BCUT2D eigenvalue weighted by molar-refractivity contribution is 6.36. The minimum absolute atomic E-state index is 0.102. The number of piperidine rings is 1. The largest absolute Gasteiger partial charge is 0.300 e. The molecule has 0 amide bonds. The lowest BCUT2D eigenvalue weighted by Gasteiger charge is -2.35. The maximum atomic E-state index is 12.6. The van der Waals surface area contributed by atoms with Gasteiger partial charge in [0.15, 0.2) is 5.78 Å². The summed E-state index contributed by atoms with van der Waals surface area (Å²) in [5, 5.41) is 1.09. The highest BCUT2D eigenvalue weighted by Gasteiger charge is 2.41. The molecule has 2 heterocycles. The van der Waals surface area contributed by atoms with Gasteiger partial charge in [0.1, 0.15) is 0 Å². The first-order valence-electron chi connectivity index (χ1n) is 6.77. The Labute approximate surface area is 123 Å². The van der Waals surface area contributed by atoms with Crippen LogP contribution in [0.15, 0.2) is 18.2 Å². The van der Waals surface area contributed by atoms with Gasteiger partial charge >= 0.3 is 0 Å². The van der Waals surface area contributed by atoms with Crippen LogP contribution in [0.3, 0.4) is 0 Å². The predicted octanol–water partition coefficient (Wildman–Crippen LogP) is 4.05. The fourth-order valence-corrected chi connectivity index (χ4v) is 3.91. The average Bonchev–Trinajstić information content (AvgIpc) is 2.64. The standard InChI is InChI=1S/C15H17Cl2NO/c1-18-11-3-4-12(18)7-9(6-11)15(19)13-8-10(16)2-5-14(13)17/h2,5,8-9,11-12H,3-4,6-7H2,1H3. The van der Waals surface area contributed by atoms with E-state index in [0.29, 0.717) is 27.7 Å². The quantitative estimate of drug-likeness (QED) is 0.768. The topological polar surface area (TPSA) is 20.3 Å². The van der Waals surface area contributed by atoms with E-state index < -0.39 is 0 Å². The zero-order valence-electron chi connectivity index (χ0n) is 10.9. The van der Waals surface area contributed by atoms with E-state index in [1.54, 1.807) is 18.2 Å². The second-order valence-corrected chi connectivity index (χ2v) is 6.55. The fraction of sp³-hybridized carbons (Fsp3) is 0.533. The summed E-state index contributed by atoms with van der Waals surface area (Å²) in [5.74, 6) is 0.266. The van der Waals surface area contributed by atoms with Crippen LogP contribution in [0.2, 0.25) is 10.0 Å². The van der Waals surface area contributed by atoms with Crippen LogP contribution in [0.5, 0.6) is 0 Å². The van der Waals surface area contributed by atoms with E-state index in [2.05, 4.69) is 11.9 Å². The molecule has 0 aliphatic carbocycles. The van der Waals surface area contributed by atoms with Crippen LogP contribution in [0.4, 0.5) is 0 Å². The number of carbonyl (C=O) groups is 1. The van der Waals surface area contributed by atoms with Crippen LogP contribution >= 0.6 is 23.2 Å². The van der Waals surface area contributed by atoms with E-state index in [9.17, 15) is 4.79 Å². The first kappa shape index (κ1) is 13.4. The molecule has 19 heavy (non-hydrogen) atoms. The zero-order valence-corrected chi connectivity index (χ0v) is 12.4. The van der Waals surface area contributed by atoms with Gasteiger partial charge in [0.2, 0.25) is 0 Å². The van der Waals surface area contributed by atoms with E-state index in [-0.39, 0.29) is 11.7 Å². The molecule has 2 bridgehead atoms. The van der Waals surface area contributed by atoms with E-state index in [0.717, 1.165) is 12.8 Å². The molecule has 2 nitrogen and oxygen atoms in total. The van der Waals surface area contributed by atoms with Gasteiger partial charge in [-0.3, -0.25) is 4.79 Å². The van der Waals surface area contributed by atoms with Crippen LogP contribution in [0.1, 0.15) is 36.0 Å². The number of nitrogens with zero attached hydrogens (tertiary/aromatic N) is 1. The summed E-state index contributed by atoms with van der Waals surface area (Å²) in [6.45, 7) is 0. The van der Waals surface area contributed by atoms with Crippen molar-refractivity contribution in [2.24, 2.45) is 5.92 Å². The van der Waals surface area contributed by atoms with Crippen LogP contribution in [-0.2, 0) is 0 Å². The Morgan fingerprint density at radius 1 is 1.21 bits per heavy atom. The molecule has 2 atom stereocenters. The summed E-state index contributed by atoms with van der Waals surface area (Å²) in [6, 6.07) is 6.25. The first-order chi connectivity index (χ1) is 9.06. The predicted molar refractivity (Wildman–Crippen MR) is 78.1 cm³/mol. The zero-order chi connectivity index (χ0) is 13.6. The SMILES string of the molecule is CN1C2CCC1CC(C(=O)c1cc(Cl)ccc1Cl)C2. The minimum Gasteiger partial charge on any atom is -0.300 e. The van der Waals surface area contributed by atoms with Crippen molar-refractivity contribution in [1.29, 1.82) is 0 Å². The van der Waals surface area contributed by atoms with Gasteiger partial charge in [0.05, 0.1) is 5.02 Å². The Kier molecular flexibility index (Phi) is 3.59. The van der Waals surface area contributed by atoms with Crippen LogP contribution in [0.25, 0.3) is 0 Å². The van der Waals surface area contributed by atoms with E-state index in [1.165, 1.54) is 12.8 Å². The summed E-state index contributed by atoms with van der Waals surface area (Å²) in [5.41, 5.74) is 0.586. The van der Waals surface area contributed by atoms with Crippen LogP contribution < -0.4 is 0 Å². The average molecular weight is 298 g/mol. The van der Waals surface area contributed by atoms with E-state index in [4.69, 9.17) is 23.2 Å². The first-order valence-corrected chi connectivity index (χ1v) is 7.53. The van der Waals surface area contributed by atoms with E-state index >= 15 is 0 Å². The van der Waals surface area contributed by atoms with Gasteiger partial charge in [0, 0.05) is 28.6 Å². The maximum Gasteiger partial charge on any atom is 0.167 e. The molecule has 2 aliphatic rings. The molecular formula is C15H17Cl2NO.